The van der Waals surface area contributed by atoms with Crippen LogP contribution in [-0.2, 0) is 0 Å². The highest BCUT2D eigenvalue weighted by Gasteiger charge is 2.22. The van der Waals surface area contributed by atoms with Crippen LogP contribution in [0.15, 0.2) is 115 Å². The molecule has 4 aromatic carbocycles. The second kappa shape index (κ2) is 9.08. The van der Waals surface area contributed by atoms with E-state index in [-0.39, 0.29) is 0 Å². The van der Waals surface area contributed by atoms with Crippen LogP contribution in [0.2, 0.25) is 0 Å². The van der Waals surface area contributed by atoms with Crippen molar-refractivity contribution in [3.05, 3.63) is 115 Å². The van der Waals surface area contributed by atoms with Crippen LogP contribution in [0.3, 0.4) is 0 Å². The maximum absolute atomic E-state index is 5.39. The number of ether oxygens (including phenoxy) is 1. The van der Waals surface area contributed by atoms with Gasteiger partial charge in [0.15, 0.2) is 0 Å². The van der Waals surface area contributed by atoms with Gasteiger partial charge >= 0.3 is 0 Å². The molecule has 0 aliphatic rings. The van der Waals surface area contributed by atoms with Crippen LogP contribution in [0.1, 0.15) is 0 Å². The largest absolute Gasteiger partial charge is 0.497 e. The molecule has 0 saturated heterocycles. The molecule has 0 spiro atoms. The number of hydrogen-bond donors (Lipinski definition) is 0. The van der Waals surface area contributed by atoms with Crippen LogP contribution >= 0.6 is 11.3 Å². The average molecular weight is 435 g/mol. The van der Waals surface area contributed by atoms with Gasteiger partial charge in [-0.15, -0.1) is 0 Å². The first-order valence-electron chi connectivity index (χ1n) is 10.4. The molecule has 5 aromatic rings. The molecule has 1 heterocycles. The van der Waals surface area contributed by atoms with Gasteiger partial charge in [-0.3, -0.25) is 0 Å². The fourth-order valence-corrected chi connectivity index (χ4v) is 4.78. The van der Waals surface area contributed by atoms with Crippen molar-refractivity contribution in [1.82, 2.24) is 4.98 Å². The lowest BCUT2D eigenvalue weighted by Gasteiger charge is -2.24. The van der Waals surface area contributed by atoms with Crippen molar-refractivity contribution in [2.45, 2.75) is 0 Å². The van der Waals surface area contributed by atoms with Crippen molar-refractivity contribution in [1.29, 1.82) is 0 Å². The molecule has 156 valence electrons. The van der Waals surface area contributed by atoms with E-state index in [1.54, 1.807) is 18.4 Å². The van der Waals surface area contributed by atoms with E-state index in [9.17, 15) is 0 Å². The zero-order valence-electron chi connectivity index (χ0n) is 17.7. The summed E-state index contributed by atoms with van der Waals surface area (Å²) < 4.78 is 5.39. The molecule has 1 aromatic heterocycles. The lowest BCUT2D eigenvalue weighted by atomic mass is 10.1. The molecule has 0 unspecified atom stereocenters. The van der Waals surface area contributed by atoms with Crippen LogP contribution in [0, 0.1) is 0 Å². The summed E-state index contributed by atoms with van der Waals surface area (Å²) in [4.78, 5) is 7.38. The maximum Gasteiger partial charge on any atom is 0.129 e. The second-order valence-corrected chi connectivity index (χ2v) is 8.25. The Balaban J connectivity index is 1.73. The Morgan fingerprint density at radius 3 is 1.75 bits per heavy atom. The zero-order chi connectivity index (χ0) is 21.8. The van der Waals surface area contributed by atoms with Crippen LogP contribution < -0.4 is 9.64 Å². The molecule has 0 atom stereocenters. The van der Waals surface area contributed by atoms with Gasteiger partial charge in [0.2, 0.25) is 0 Å². The fraction of sp³-hybridized carbons (Fsp3) is 0.0357. The Morgan fingerprint density at radius 1 is 0.625 bits per heavy atom. The number of anilines is 3. The number of benzene rings is 4. The molecule has 0 N–H and O–H groups in total. The van der Waals surface area contributed by atoms with E-state index in [2.05, 4.69) is 89.8 Å². The number of nitrogens with zero attached hydrogens (tertiary/aromatic N) is 2. The van der Waals surface area contributed by atoms with Crippen molar-refractivity contribution in [3.63, 3.8) is 0 Å². The van der Waals surface area contributed by atoms with Gasteiger partial charge in [0.25, 0.3) is 0 Å². The van der Waals surface area contributed by atoms with Gasteiger partial charge in [-0.05, 0) is 36.4 Å². The van der Waals surface area contributed by atoms with Crippen molar-refractivity contribution < 1.29 is 4.74 Å². The number of rotatable bonds is 6. The first kappa shape index (κ1) is 20.0. The zero-order valence-corrected chi connectivity index (χ0v) is 18.5. The Bertz CT molecular complexity index is 1280. The molecule has 0 aliphatic heterocycles. The lowest BCUT2D eigenvalue weighted by molar-refractivity contribution is 0.415. The minimum Gasteiger partial charge on any atom is -0.497 e. The summed E-state index contributed by atoms with van der Waals surface area (Å²) in [6, 6.07) is 39.3. The molecule has 32 heavy (non-hydrogen) atoms. The summed E-state index contributed by atoms with van der Waals surface area (Å²) in [7, 11) is 1.69. The number of aromatic nitrogens is 1. The SMILES string of the molecule is COc1ccc(N(c2ccccc2)c2sc(-c3ccccc3)nc2-c2ccccc2)cc1. The van der Waals surface area contributed by atoms with E-state index in [1.165, 1.54) is 0 Å². The molecular formula is C28H22N2OS. The third-order valence-corrected chi connectivity index (χ3v) is 6.31. The Morgan fingerprint density at radius 2 is 1.16 bits per heavy atom. The second-order valence-electron chi connectivity index (χ2n) is 7.27. The molecule has 0 saturated carbocycles. The molecule has 0 fully saturated rings. The normalized spacial score (nSPS) is 10.7. The highest BCUT2D eigenvalue weighted by Crippen LogP contribution is 2.46. The van der Waals surface area contributed by atoms with Gasteiger partial charge in [-0.1, -0.05) is 90.2 Å². The standard InChI is InChI=1S/C28H22N2OS/c1-31-25-19-17-24(18-20-25)30(23-15-9-4-10-16-23)28-26(21-11-5-2-6-12-21)29-27(32-28)22-13-7-3-8-14-22/h2-20H,1H3. The molecular weight excluding hydrogens is 412 g/mol. The number of thiazole rings is 1. The Kier molecular flexibility index (Phi) is 5.69. The summed E-state index contributed by atoms with van der Waals surface area (Å²) in [6.45, 7) is 0. The fourth-order valence-electron chi connectivity index (χ4n) is 3.64. The van der Waals surface area contributed by atoms with Gasteiger partial charge in [0, 0.05) is 22.5 Å². The van der Waals surface area contributed by atoms with Crippen LogP contribution in [-0.4, -0.2) is 12.1 Å². The summed E-state index contributed by atoms with van der Waals surface area (Å²) in [5.41, 5.74) is 5.31. The molecule has 0 aliphatic carbocycles. The third-order valence-electron chi connectivity index (χ3n) is 5.23. The predicted octanol–water partition coefficient (Wildman–Crippen LogP) is 7.96. The first-order chi connectivity index (χ1) is 15.8. The van der Waals surface area contributed by atoms with Crippen molar-refractivity contribution in [2.75, 3.05) is 12.0 Å². The predicted molar refractivity (Wildman–Crippen MR) is 134 cm³/mol. The van der Waals surface area contributed by atoms with E-state index in [4.69, 9.17) is 9.72 Å². The molecule has 0 amide bonds. The van der Waals surface area contributed by atoms with Gasteiger partial charge in [0.1, 0.15) is 21.5 Å². The van der Waals surface area contributed by atoms with Gasteiger partial charge in [-0.25, -0.2) is 4.98 Å². The molecule has 0 bridgehead atoms. The van der Waals surface area contributed by atoms with Crippen LogP contribution in [0.5, 0.6) is 5.75 Å². The quantitative estimate of drug-likeness (QED) is 0.271. The highest BCUT2D eigenvalue weighted by atomic mass is 32.1. The minimum atomic E-state index is 0.833. The molecule has 0 radical (unpaired) electrons. The third kappa shape index (κ3) is 4.01. The highest BCUT2D eigenvalue weighted by molar-refractivity contribution is 7.19. The first-order valence-corrected chi connectivity index (χ1v) is 11.3. The van der Waals surface area contributed by atoms with Gasteiger partial charge in [0.05, 0.1) is 7.11 Å². The summed E-state index contributed by atoms with van der Waals surface area (Å²) in [5, 5.41) is 2.07. The summed E-state index contributed by atoms with van der Waals surface area (Å²) >= 11 is 1.70. The van der Waals surface area contributed by atoms with E-state index < -0.39 is 0 Å². The molecule has 3 nitrogen and oxygen atoms in total. The lowest BCUT2D eigenvalue weighted by Crippen LogP contribution is -2.09. The van der Waals surface area contributed by atoms with E-state index in [0.717, 1.165) is 44.0 Å². The number of hydrogen-bond acceptors (Lipinski definition) is 4. The van der Waals surface area contributed by atoms with E-state index in [1.807, 2.05) is 30.3 Å². The smallest absolute Gasteiger partial charge is 0.129 e. The number of methoxy groups -OCH3 is 1. The maximum atomic E-state index is 5.39. The van der Waals surface area contributed by atoms with E-state index >= 15 is 0 Å². The van der Waals surface area contributed by atoms with Gasteiger partial charge in [-0.2, -0.15) is 0 Å². The van der Waals surface area contributed by atoms with Crippen molar-refractivity contribution in [3.8, 4) is 27.6 Å². The van der Waals surface area contributed by atoms with Crippen molar-refractivity contribution >= 4 is 27.7 Å². The monoisotopic (exact) mass is 434 g/mol. The summed E-state index contributed by atoms with van der Waals surface area (Å²) in [5.74, 6) is 0.833. The van der Waals surface area contributed by atoms with Gasteiger partial charge < -0.3 is 9.64 Å². The van der Waals surface area contributed by atoms with Crippen LogP contribution in [0.25, 0.3) is 21.8 Å². The Hall–Kier alpha value is -3.89. The topological polar surface area (TPSA) is 25.4 Å². The van der Waals surface area contributed by atoms with Crippen molar-refractivity contribution in [2.24, 2.45) is 0 Å². The minimum absolute atomic E-state index is 0.833. The average Bonchev–Trinajstić information content (AvgIpc) is 3.31. The summed E-state index contributed by atoms with van der Waals surface area (Å²) in [6.07, 6.45) is 0. The molecule has 5 rings (SSSR count). The molecule has 4 heteroatoms. The van der Waals surface area contributed by atoms with E-state index in [0.29, 0.717) is 0 Å². The number of para-hydroxylation sites is 1. The Labute approximate surface area is 192 Å². The van der Waals surface area contributed by atoms with Crippen LogP contribution in [0.4, 0.5) is 16.4 Å².